The van der Waals surface area contributed by atoms with Crippen LogP contribution in [-0.2, 0) is 32.6 Å². The molecule has 2 amide bonds. The molecule has 0 saturated carbocycles. The Bertz CT molecular complexity index is 1760. The van der Waals surface area contributed by atoms with Crippen molar-refractivity contribution in [2.75, 3.05) is 25.1 Å². The van der Waals surface area contributed by atoms with E-state index in [0.29, 0.717) is 12.2 Å². The summed E-state index contributed by atoms with van der Waals surface area (Å²) >= 11 is 0. The molecule has 11 heteroatoms. The van der Waals surface area contributed by atoms with Crippen molar-refractivity contribution in [1.82, 2.24) is 10.2 Å². The van der Waals surface area contributed by atoms with Gasteiger partial charge in [-0.3, -0.25) is 13.9 Å². The molecule has 0 saturated heterocycles. The van der Waals surface area contributed by atoms with E-state index < -0.39 is 40.2 Å². The summed E-state index contributed by atoms with van der Waals surface area (Å²) in [6.45, 7) is 2.84. The second-order valence-corrected chi connectivity index (χ2v) is 12.9. The first kappa shape index (κ1) is 35.0. The van der Waals surface area contributed by atoms with E-state index in [1.165, 1.54) is 55.5 Å². The molecule has 0 radical (unpaired) electrons. The smallest absolute Gasteiger partial charge is 0.264 e. The predicted octanol–water partition coefficient (Wildman–Crippen LogP) is 5.59. The number of hydrogen-bond donors (Lipinski definition) is 1. The lowest BCUT2D eigenvalue weighted by Crippen LogP contribution is -2.54. The minimum atomic E-state index is -4.37. The maximum atomic E-state index is 15.1. The molecule has 4 rings (SSSR count). The number of rotatable bonds is 15. The van der Waals surface area contributed by atoms with Crippen LogP contribution in [0, 0.1) is 5.82 Å². The number of para-hydroxylation sites is 1. The minimum absolute atomic E-state index is 0.122. The zero-order chi connectivity index (χ0) is 34.0. The lowest BCUT2D eigenvalue weighted by atomic mass is 10.0. The summed E-state index contributed by atoms with van der Waals surface area (Å²) in [5.74, 6) is -1.15. The first-order valence-electron chi connectivity index (χ1n) is 15.3. The molecule has 248 valence electrons. The molecule has 0 aromatic heterocycles. The standard InChI is InChI=1S/C36H40FN3O6S/c1-5-26(2)38-36(42)32(22-27-14-8-6-9-15-27)39(24-28-16-12-13-19-31(28)37)35(41)25-40(29-17-10-7-11-18-29)47(43,44)30-20-21-33(45-3)34(23-30)46-4/h6-21,23,26,32H,5,22,24-25H2,1-4H3,(H,38,42)/t26-,32+/m1/s1. The van der Waals surface area contributed by atoms with Crippen LogP contribution < -0.4 is 19.1 Å². The monoisotopic (exact) mass is 661 g/mol. The largest absolute Gasteiger partial charge is 0.493 e. The Hall–Kier alpha value is -4.90. The Kier molecular flexibility index (Phi) is 12.0. The molecule has 0 heterocycles. The van der Waals surface area contributed by atoms with Gasteiger partial charge in [-0.1, -0.05) is 73.7 Å². The van der Waals surface area contributed by atoms with Crippen molar-refractivity contribution in [2.24, 2.45) is 0 Å². The van der Waals surface area contributed by atoms with E-state index >= 15 is 4.39 Å². The molecule has 0 aliphatic heterocycles. The third-order valence-corrected chi connectivity index (χ3v) is 9.61. The average Bonchev–Trinajstić information content (AvgIpc) is 3.09. The summed E-state index contributed by atoms with van der Waals surface area (Å²) in [5.41, 5.74) is 1.19. The Morgan fingerprint density at radius 2 is 1.47 bits per heavy atom. The lowest BCUT2D eigenvalue weighted by Gasteiger charge is -2.34. The molecule has 47 heavy (non-hydrogen) atoms. The Balaban J connectivity index is 1.82. The van der Waals surface area contributed by atoms with Crippen LogP contribution in [0.1, 0.15) is 31.4 Å². The van der Waals surface area contributed by atoms with Gasteiger partial charge in [0.15, 0.2) is 11.5 Å². The van der Waals surface area contributed by atoms with Crippen molar-refractivity contribution < 1.29 is 31.9 Å². The number of nitrogens with zero attached hydrogens (tertiary/aromatic N) is 2. The number of amides is 2. The van der Waals surface area contributed by atoms with Crippen LogP contribution in [0.5, 0.6) is 11.5 Å². The fourth-order valence-electron chi connectivity index (χ4n) is 5.03. The summed E-state index contributed by atoms with van der Waals surface area (Å²) in [6.07, 6.45) is 0.771. The first-order chi connectivity index (χ1) is 22.6. The first-order valence-corrected chi connectivity index (χ1v) is 16.7. The highest BCUT2D eigenvalue weighted by Crippen LogP contribution is 2.32. The number of sulfonamides is 1. The SMILES string of the molecule is CC[C@@H](C)NC(=O)[C@H](Cc1ccccc1)N(Cc1ccccc1F)C(=O)CN(c1ccccc1)S(=O)(=O)c1ccc(OC)c(OC)c1. The molecule has 9 nitrogen and oxygen atoms in total. The minimum Gasteiger partial charge on any atom is -0.493 e. The van der Waals surface area contributed by atoms with Crippen molar-refractivity contribution in [2.45, 2.75) is 50.2 Å². The van der Waals surface area contributed by atoms with E-state index in [2.05, 4.69) is 5.32 Å². The van der Waals surface area contributed by atoms with Crippen LogP contribution in [0.15, 0.2) is 108 Å². The van der Waals surface area contributed by atoms with Gasteiger partial charge in [-0.15, -0.1) is 0 Å². The normalized spacial score (nSPS) is 12.4. The van der Waals surface area contributed by atoms with Gasteiger partial charge in [-0.2, -0.15) is 0 Å². The zero-order valence-electron chi connectivity index (χ0n) is 26.9. The van der Waals surface area contributed by atoms with E-state index in [4.69, 9.17) is 9.47 Å². The molecular formula is C36H40FN3O6S. The third-order valence-electron chi connectivity index (χ3n) is 7.84. The van der Waals surface area contributed by atoms with Crippen LogP contribution in [0.2, 0.25) is 0 Å². The Morgan fingerprint density at radius 3 is 2.09 bits per heavy atom. The van der Waals surface area contributed by atoms with Crippen molar-refractivity contribution in [3.8, 4) is 11.5 Å². The molecular weight excluding hydrogens is 621 g/mol. The highest BCUT2D eigenvalue weighted by molar-refractivity contribution is 7.92. The van der Waals surface area contributed by atoms with Gasteiger partial charge in [-0.25, -0.2) is 12.8 Å². The van der Waals surface area contributed by atoms with Gasteiger partial charge in [-0.05, 0) is 49.2 Å². The predicted molar refractivity (Wildman–Crippen MR) is 179 cm³/mol. The van der Waals surface area contributed by atoms with Gasteiger partial charge in [0, 0.05) is 30.6 Å². The van der Waals surface area contributed by atoms with E-state index in [-0.39, 0.29) is 40.9 Å². The molecule has 0 unspecified atom stereocenters. The maximum absolute atomic E-state index is 15.1. The number of halogens is 1. The number of benzene rings is 4. The summed E-state index contributed by atoms with van der Waals surface area (Å²) < 4.78 is 55.2. The van der Waals surface area contributed by atoms with Gasteiger partial charge < -0.3 is 19.7 Å². The number of nitrogens with one attached hydrogen (secondary N) is 1. The van der Waals surface area contributed by atoms with Gasteiger partial charge in [0.1, 0.15) is 18.4 Å². The molecule has 4 aromatic carbocycles. The molecule has 4 aromatic rings. The van der Waals surface area contributed by atoms with Crippen LogP contribution in [0.4, 0.5) is 10.1 Å². The second kappa shape index (κ2) is 16.1. The van der Waals surface area contributed by atoms with Gasteiger partial charge in [0.05, 0.1) is 24.8 Å². The molecule has 0 spiro atoms. The molecule has 0 aliphatic rings. The van der Waals surface area contributed by atoms with Crippen molar-refractivity contribution >= 4 is 27.5 Å². The molecule has 1 N–H and O–H groups in total. The fraction of sp³-hybridized carbons (Fsp3) is 0.278. The second-order valence-electron chi connectivity index (χ2n) is 11.0. The highest BCUT2D eigenvalue weighted by atomic mass is 32.2. The van der Waals surface area contributed by atoms with Crippen LogP contribution in [0.25, 0.3) is 0 Å². The topological polar surface area (TPSA) is 105 Å². The van der Waals surface area contributed by atoms with E-state index in [0.717, 1.165) is 9.87 Å². The zero-order valence-corrected chi connectivity index (χ0v) is 27.7. The third kappa shape index (κ3) is 8.68. The van der Waals surface area contributed by atoms with Gasteiger partial charge in [0.25, 0.3) is 10.0 Å². The number of methoxy groups -OCH3 is 2. The number of carbonyl (C=O) groups is 2. The quantitative estimate of drug-likeness (QED) is 0.178. The van der Waals surface area contributed by atoms with Crippen molar-refractivity contribution in [3.05, 3.63) is 120 Å². The Labute approximate surface area is 276 Å². The van der Waals surface area contributed by atoms with Gasteiger partial charge >= 0.3 is 0 Å². The number of carbonyl (C=O) groups excluding carboxylic acids is 2. The van der Waals surface area contributed by atoms with Crippen LogP contribution >= 0.6 is 0 Å². The van der Waals surface area contributed by atoms with E-state index in [1.807, 2.05) is 44.2 Å². The lowest BCUT2D eigenvalue weighted by molar-refractivity contribution is -0.140. The summed E-state index contributed by atoms with van der Waals surface area (Å²) in [4.78, 5) is 29.5. The average molecular weight is 662 g/mol. The van der Waals surface area contributed by atoms with Gasteiger partial charge in [0.2, 0.25) is 11.8 Å². The summed E-state index contributed by atoms with van der Waals surface area (Å²) in [6, 6.07) is 26.2. The number of ether oxygens (including phenoxy) is 2. The van der Waals surface area contributed by atoms with Crippen molar-refractivity contribution in [3.63, 3.8) is 0 Å². The molecule has 0 fully saturated rings. The number of hydrogen-bond acceptors (Lipinski definition) is 6. The maximum Gasteiger partial charge on any atom is 0.264 e. The van der Waals surface area contributed by atoms with Crippen LogP contribution in [0.3, 0.4) is 0 Å². The van der Waals surface area contributed by atoms with Crippen molar-refractivity contribution in [1.29, 1.82) is 0 Å². The highest BCUT2D eigenvalue weighted by Gasteiger charge is 2.35. The Morgan fingerprint density at radius 1 is 0.851 bits per heavy atom. The molecule has 2 atom stereocenters. The van der Waals surface area contributed by atoms with Crippen LogP contribution in [-0.4, -0.2) is 58.0 Å². The number of anilines is 1. The van der Waals surface area contributed by atoms with E-state index in [9.17, 15) is 18.0 Å². The fourth-order valence-corrected chi connectivity index (χ4v) is 6.46. The summed E-state index contributed by atoms with van der Waals surface area (Å²) in [7, 11) is -1.54. The molecule has 0 aliphatic carbocycles. The summed E-state index contributed by atoms with van der Waals surface area (Å²) in [5, 5.41) is 2.97. The molecule has 0 bridgehead atoms. The van der Waals surface area contributed by atoms with E-state index in [1.54, 1.807) is 36.4 Å².